The zero-order valence-corrected chi connectivity index (χ0v) is 14.2. The van der Waals surface area contributed by atoms with Gasteiger partial charge in [-0.2, -0.15) is 0 Å². The van der Waals surface area contributed by atoms with E-state index in [0.717, 1.165) is 18.4 Å². The zero-order valence-electron chi connectivity index (χ0n) is 13.4. The Hall–Kier alpha value is -1.10. The highest BCUT2D eigenvalue weighted by Gasteiger charge is 2.34. The molecule has 4 atom stereocenters. The smallest absolute Gasteiger partial charge is 0.237 e. The van der Waals surface area contributed by atoms with Gasteiger partial charge in [0.1, 0.15) is 0 Å². The van der Waals surface area contributed by atoms with Crippen LogP contribution in [0.15, 0.2) is 24.3 Å². The Bertz CT molecular complexity index is 496. The third-order valence-corrected chi connectivity index (χ3v) is 4.87. The van der Waals surface area contributed by atoms with E-state index in [-0.39, 0.29) is 18.6 Å². The van der Waals surface area contributed by atoms with Crippen molar-refractivity contribution in [3.05, 3.63) is 34.9 Å². The predicted octanol–water partition coefficient (Wildman–Crippen LogP) is 2.75. The second-order valence-corrected chi connectivity index (χ2v) is 6.63. The number of carbonyl (C=O) groups excluding carboxylic acids is 1. The van der Waals surface area contributed by atoms with Crippen molar-refractivity contribution in [1.82, 2.24) is 10.2 Å². The van der Waals surface area contributed by atoms with Gasteiger partial charge in [0.25, 0.3) is 0 Å². The van der Waals surface area contributed by atoms with Gasteiger partial charge in [-0.25, -0.2) is 0 Å². The molecule has 2 N–H and O–H groups in total. The summed E-state index contributed by atoms with van der Waals surface area (Å²) in [4.78, 5) is 14.8. The number of carbonyl (C=O) groups is 1. The van der Waals surface area contributed by atoms with E-state index in [1.807, 2.05) is 19.1 Å². The largest absolute Gasteiger partial charge is 0.394 e. The zero-order chi connectivity index (χ0) is 16.3. The van der Waals surface area contributed by atoms with Crippen LogP contribution in [0.4, 0.5) is 0 Å². The Kier molecular flexibility index (Phi) is 5.84. The number of hydrogen-bond acceptors (Lipinski definition) is 3. The van der Waals surface area contributed by atoms with Crippen LogP contribution in [0.3, 0.4) is 0 Å². The lowest BCUT2D eigenvalue weighted by Gasteiger charge is -2.32. The SMILES string of the molecule is CC1CCC(C)N1C(C)C(=O)NC(CO)c1ccc(Cl)cc1. The van der Waals surface area contributed by atoms with E-state index >= 15 is 0 Å². The second-order valence-electron chi connectivity index (χ2n) is 6.19. The number of hydrogen-bond donors (Lipinski definition) is 2. The van der Waals surface area contributed by atoms with Gasteiger partial charge in [0, 0.05) is 17.1 Å². The van der Waals surface area contributed by atoms with Crippen molar-refractivity contribution in [3.8, 4) is 0 Å². The molecule has 4 unspecified atom stereocenters. The summed E-state index contributed by atoms with van der Waals surface area (Å²) in [6.07, 6.45) is 2.25. The van der Waals surface area contributed by atoms with Crippen LogP contribution in [-0.4, -0.2) is 40.6 Å². The van der Waals surface area contributed by atoms with Crippen molar-refractivity contribution in [2.75, 3.05) is 6.61 Å². The molecule has 1 amide bonds. The lowest BCUT2D eigenvalue weighted by atomic mass is 10.1. The maximum absolute atomic E-state index is 12.5. The van der Waals surface area contributed by atoms with Crippen molar-refractivity contribution < 1.29 is 9.90 Å². The van der Waals surface area contributed by atoms with Crippen molar-refractivity contribution in [2.45, 2.75) is 57.8 Å². The van der Waals surface area contributed by atoms with Crippen LogP contribution in [0.2, 0.25) is 5.02 Å². The van der Waals surface area contributed by atoms with Gasteiger partial charge in [0.05, 0.1) is 18.7 Å². The first-order valence-electron chi connectivity index (χ1n) is 7.88. The Morgan fingerprint density at radius 3 is 2.36 bits per heavy atom. The topological polar surface area (TPSA) is 52.6 Å². The summed E-state index contributed by atoms with van der Waals surface area (Å²) in [6, 6.07) is 7.41. The van der Waals surface area contributed by atoms with E-state index in [1.165, 1.54) is 0 Å². The highest BCUT2D eigenvalue weighted by Crippen LogP contribution is 2.26. The summed E-state index contributed by atoms with van der Waals surface area (Å²) in [5.74, 6) is -0.0467. The molecule has 2 rings (SSSR count). The standard InChI is InChI=1S/C17H25ClN2O2/c1-11-4-5-12(2)20(11)13(3)17(22)19-16(10-21)14-6-8-15(18)9-7-14/h6-9,11-13,16,21H,4-5,10H2,1-3H3,(H,19,22). The monoisotopic (exact) mass is 324 g/mol. The Balaban J connectivity index is 2.04. The van der Waals surface area contributed by atoms with Crippen LogP contribution < -0.4 is 5.32 Å². The van der Waals surface area contributed by atoms with Crippen molar-refractivity contribution in [2.24, 2.45) is 0 Å². The number of nitrogens with zero attached hydrogens (tertiary/aromatic N) is 1. The predicted molar refractivity (Wildman–Crippen MR) is 88.9 cm³/mol. The van der Waals surface area contributed by atoms with E-state index in [4.69, 9.17) is 11.6 Å². The van der Waals surface area contributed by atoms with Gasteiger partial charge in [-0.05, 0) is 51.3 Å². The molecular weight excluding hydrogens is 300 g/mol. The van der Waals surface area contributed by atoms with E-state index in [2.05, 4.69) is 24.1 Å². The lowest BCUT2D eigenvalue weighted by Crippen LogP contribution is -2.50. The summed E-state index contributed by atoms with van der Waals surface area (Å²) in [5.41, 5.74) is 0.856. The average molecular weight is 325 g/mol. The quantitative estimate of drug-likeness (QED) is 0.875. The summed E-state index contributed by atoms with van der Waals surface area (Å²) >= 11 is 5.88. The van der Waals surface area contributed by atoms with E-state index < -0.39 is 6.04 Å². The second kappa shape index (κ2) is 7.44. The number of likely N-dealkylation sites (tertiary alicyclic amines) is 1. The van der Waals surface area contributed by atoms with Crippen molar-refractivity contribution in [1.29, 1.82) is 0 Å². The number of halogens is 1. The fourth-order valence-corrected chi connectivity index (χ4v) is 3.46. The molecule has 0 aliphatic carbocycles. The van der Waals surface area contributed by atoms with Crippen molar-refractivity contribution >= 4 is 17.5 Å². The maximum Gasteiger partial charge on any atom is 0.237 e. The highest BCUT2D eigenvalue weighted by atomic mass is 35.5. The molecular formula is C17H25ClN2O2. The Morgan fingerprint density at radius 1 is 1.32 bits per heavy atom. The van der Waals surface area contributed by atoms with Crippen LogP contribution in [0.25, 0.3) is 0 Å². The molecule has 0 spiro atoms. The molecule has 4 nitrogen and oxygen atoms in total. The van der Waals surface area contributed by atoms with Crippen LogP contribution in [0.5, 0.6) is 0 Å². The molecule has 1 heterocycles. The van der Waals surface area contributed by atoms with E-state index in [0.29, 0.717) is 17.1 Å². The number of aliphatic hydroxyl groups excluding tert-OH is 1. The number of aliphatic hydroxyl groups is 1. The molecule has 122 valence electrons. The normalized spacial score (nSPS) is 25.0. The maximum atomic E-state index is 12.5. The van der Waals surface area contributed by atoms with E-state index in [9.17, 15) is 9.90 Å². The summed E-state index contributed by atoms with van der Waals surface area (Å²) in [6.45, 7) is 6.13. The number of benzene rings is 1. The molecule has 1 aromatic carbocycles. The molecule has 0 saturated carbocycles. The minimum Gasteiger partial charge on any atom is -0.394 e. The first kappa shape index (κ1) is 17.3. The third-order valence-electron chi connectivity index (χ3n) is 4.62. The van der Waals surface area contributed by atoms with E-state index in [1.54, 1.807) is 12.1 Å². The fraction of sp³-hybridized carbons (Fsp3) is 0.588. The molecule has 22 heavy (non-hydrogen) atoms. The molecule has 0 radical (unpaired) electrons. The Labute approximate surface area is 137 Å². The van der Waals surface area contributed by atoms with Gasteiger partial charge >= 0.3 is 0 Å². The van der Waals surface area contributed by atoms with Gasteiger partial charge in [-0.1, -0.05) is 23.7 Å². The molecule has 1 fully saturated rings. The van der Waals surface area contributed by atoms with Gasteiger partial charge in [0.15, 0.2) is 0 Å². The van der Waals surface area contributed by atoms with Gasteiger partial charge in [-0.3, -0.25) is 9.69 Å². The van der Waals surface area contributed by atoms with Crippen LogP contribution in [0, 0.1) is 0 Å². The molecule has 5 heteroatoms. The lowest BCUT2D eigenvalue weighted by molar-refractivity contribution is -0.128. The first-order valence-corrected chi connectivity index (χ1v) is 8.26. The molecule has 0 bridgehead atoms. The highest BCUT2D eigenvalue weighted by molar-refractivity contribution is 6.30. The molecule has 0 aromatic heterocycles. The Morgan fingerprint density at radius 2 is 1.86 bits per heavy atom. The fourth-order valence-electron chi connectivity index (χ4n) is 3.34. The molecule has 1 aliphatic heterocycles. The number of rotatable bonds is 5. The number of nitrogens with one attached hydrogen (secondary N) is 1. The molecule has 1 aromatic rings. The number of amides is 1. The van der Waals surface area contributed by atoms with Crippen molar-refractivity contribution in [3.63, 3.8) is 0 Å². The first-order chi connectivity index (χ1) is 10.4. The molecule has 1 saturated heterocycles. The summed E-state index contributed by atoms with van der Waals surface area (Å²) in [5, 5.41) is 13.2. The van der Waals surface area contributed by atoms with Gasteiger partial charge in [0.2, 0.25) is 5.91 Å². The third kappa shape index (κ3) is 3.80. The van der Waals surface area contributed by atoms with Crippen LogP contribution >= 0.6 is 11.6 Å². The van der Waals surface area contributed by atoms with Gasteiger partial charge < -0.3 is 10.4 Å². The minimum atomic E-state index is -0.402. The van der Waals surface area contributed by atoms with Crippen LogP contribution in [0.1, 0.15) is 45.2 Å². The molecule has 1 aliphatic rings. The minimum absolute atomic E-state index is 0.0467. The van der Waals surface area contributed by atoms with Gasteiger partial charge in [-0.15, -0.1) is 0 Å². The van der Waals surface area contributed by atoms with Crippen LogP contribution in [-0.2, 0) is 4.79 Å². The summed E-state index contributed by atoms with van der Waals surface area (Å²) < 4.78 is 0. The average Bonchev–Trinajstić information content (AvgIpc) is 2.84. The summed E-state index contributed by atoms with van der Waals surface area (Å²) in [7, 11) is 0.